The van der Waals surface area contributed by atoms with Gasteiger partial charge >= 0.3 is 6.01 Å². The summed E-state index contributed by atoms with van der Waals surface area (Å²) < 4.78 is 7.94. The molecule has 4 rings (SSSR count). The number of aryl methyl sites for hydroxylation is 1. The summed E-state index contributed by atoms with van der Waals surface area (Å²) in [5, 5.41) is 0. The fourth-order valence-electron chi connectivity index (χ4n) is 3.04. The van der Waals surface area contributed by atoms with Crippen LogP contribution in [0.1, 0.15) is 13.8 Å². The van der Waals surface area contributed by atoms with Crippen molar-refractivity contribution in [3.63, 3.8) is 0 Å². The number of aromatic nitrogens is 2. The van der Waals surface area contributed by atoms with Gasteiger partial charge in [-0.05, 0) is 36.4 Å². The molecule has 3 aromatic rings. The van der Waals surface area contributed by atoms with Crippen molar-refractivity contribution in [3.05, 3.63) is 60.8 Å². The zero-order valence-electron chi connectivity index (χ0n) is 14.2. The first-order chi connectivity index (χ1) is 11.5. The number of ether oxygens (including phenoxy) is 1. The Bertz CT molecular complexity index is 906. The number of fused-ring (bicyclic) bond motifs is 1. The predicted octanol–water partition coefficient (Wildman–Crippen LogP) is 4.73. The monoisotopic (exact) mass is 319 g/mol. The summed E-state index contributed by atoms with van der Waals surface area (Å²) in [6.45, 7) is 5.48. The SMILES string of the molecule is Cn1c(Oc2ccc(N3C=CC(C)(C)C3)cc2)nc2ccccc21. The Hall–Kier alpha value is -2.75. The highest BCUT2D eigenvalue weighted by atomic mass is 16.5. The van der Waals surface area contributed by atoms with Crippen LogP contribution < -0.4 is 9.64 Å². The van der Waals surface area contributed by atoms with E-state index in [2.05, 4.69) is 48.1 Å². The fourth-order valence-corrected chi connectivity index (χ4v) is 3.04. The Labute approximate surface area is 142 Å². The number of hydrogen-bond acceptors (Lipinski definition) is 3. The van der Waals surface area contributed by atoms with Crippen LogP contribution in [0, 0.1) is 5.41 Å². The Morgan fingerprint density at radius 2 is 1.79 bits per heavy atom. The van der Waals surface area contributed by atoms with Gasteiger partial charge in [-0.1, -0.05) is 32.1 Å². The second-order valence-corrected chi connectivity index (χ2v) is 6.97. The molecule has 4 heteroatoms. The lowest BCUT2D eigenvalue weighted by molar-refractivity contribution is 0.428. The molecule has 0 radical (unpaired) electrons. The van der Waals surface area contributed by atoms with E-state index in [-0.39, 0.29) is 5.41 Å². The topological polar surface area (TPSA) is 30.3 Å². The lowest BCUT2D eigenvalue weighted by Gasteiger charge is -2.22. The van der Waals surface area contributed by atoms with Gasteiger partial charge in [-0.25, -0.2) is 0 Å². The minimum absolute atomic E-state index is 0.224. The maximum atomic E-state index is 5.97. The number of para-hydroxylation sites is 2. The van der Waals surface area contributed by atoms with Crippen molar-refractivity contribution in [2.75, 3.05) is 11.4 Å². The quantitative estimate of drug-likeness (QED) is 0.699. The van der Waals surface area contributed by atoms with Gasteiger partial charge in [0, 0.05) is 30.9 Å². The number of anilines is 1. The molecule has 2 aromatic carbocycles. The van der Waals surface area contributed by atoms with E-state index in [4.69, 9.17) is 4.74 Å². The fraction of sp³-hybridized carbons (Fsp3) is 0.250. The largest absolute Gasteiger partial charge is 0.425 e. The molecule has 2 heterocycles. The van der Waals surface area contributed by atoms with Gasteiger partial charge in [0.2, 0.25) is 0 Å². The molecule has 0 fully saturated rings. The molecule has 0 aliphatic carbocycles. The van der Waals surface area contributed by atoms with Gasteiger partial charge in [-0.3, -0.25) is 4.57 Å². The van der Waals surface area contributed by atoms with Crippen LogP contribution in [-0.2, 0) is 7.05 Å². The van der Waals surface area contributed by atoms with Gasteiger partial charge < -0.3 is 9.64 Å². The molecule has 1 aliphatic heterocycles. The third-order valence-electron chi connectivity index (χ3n) is 4.41. The standard InChI is InChI=1S/C20H21N3O/c1-20(2)12-13-23(14-20)15-8-10-16(11-9-15)24-19-21-17-6-4-5-7-18(17)22(19)3/h4-13H,14H2,1-3H3. The van der Waals surface area contributed by atoms with E-state index in [1.807, 2.05) is 48.0 Å². The average Bonchev–Trinajstić information content (AvgIpc) is 3.09. The van der Waals surface area contributed by atoms with E-state index in [0.717, 1.165) is 23.3 Å². The first kappa shape index (κ1) is 14.8. The molecule has 0 atom stereocenters. The molecule has 0 amide bonds. The van der Waals surface area contributed by atoms with Crippen LogP contribution >= 0.6 is 0 Å². The van der Waals surface area contributed by atoms with Crippen molar-refractivity contribution < 1.29 is 4.74 Å². The van der Waals surface area contributed by atoms with Crippen LogP contribution in [0.4, 0.5) is 5.69 Å². The van der Waals surface area contributed by atoms with E-state index < -0.39 is 0 Å². The maximum absolute atomic E-state index is 5.97. The van der Waals surface area contributed by atoms with E-state index in [9.17, 15) is 0 Å². The second kappa shape index (κ2) is 5.41. The molecule has 0 saturated heterocycles. The van der Waals surface area contributed by atoms with Crippen molar-refractivity contribution in [1.82, 2.24) is 9.55 Å². The molecule has 122 valence electrons. The van der Waals surface area contributed by atoms with Crippen molar-refractivity contribution in [1.29, 1.82) is 0 Å². The van der Waals surface area contributed by atoms with Gasteiger partial charge in [0.05, 0.1) is 11.0 Å². The lowest BCUT2D eigenvalue weighted by atomic mass is 9.96. The van der Waals surface area contributed by atoms with Crippen LogP contribution in [0.2, 0.25) is 0 Å². The first-order valence-corrected chi connectivity index (χ1v) is 8.17. The molecule has 0 saturated carbocycles. The van der Waals surface area contributed by atoms with Gasteiger partial charge in [0.15, 0.2) is 0 Å². The number of rotatable bonds is 3. The molecular weight excluding hydrogens is 298 g/mol. The summed E-state index contributed by atoms with van der Waals surface area (Å²) in [6, 6.07) is 16.8. The van der Waals surface area contributed by atoms with Crippen LogP contribution in [0.3, 0.4) is 0 Å². The Kier molecular flexibility index (Phi) is 3.34. The number of imidazole rings is 1. The summed E-state index contributed by atoms with van der Waals surface area (Å²) in [5.74, 6) is 0.791. The summed E-state index contributed by atoms with van der Waals surface area (Å²) >= 11 is 0. The molecule has 1 aromatic heterocycles. The zero-order chi connectivity index (χ0) is 16.7. The van der Waals surface area contributed by atoms with Gasteiger partial charge in [-0.2, -0.15) is 4.98 Å². The van der Waals surface area contributed by atoms with Crippen molar-refractivity contribution in [2.24, 2.45) is 12.5 Å². The lowest BCUT2D eigenvalue weighted by Crippen LogP contribution is -2.22. The van der Waals surface area contributed by atoms with Gasteiger partial charge in [0.25, 0.3) is 0 Å². The molecule has 0 bridgehead atoms. The molecule has 0 N–H and O–H groups in total. The third kappa shape index (κ3) is 2.64. The van der Waals surface area contributed by atoms with Crippen molar-refractivity contribution in [2.45, 2.75) is 13.8 Å². The minimum atomic E-state index is 0.224. The van der Waals surface area contributed by atoms with Crippen LogP contribution in [0.25, 0.3) is 11.0 Å². The van der Waals surface area contributed by atoms with E-state index in [1.54, 1.807) is 0 Å². The smallest absolute Gasteiger partial charge is 0.302 e. The summed E-state index contributed by atoms with van der Waals surface area (Å²) in [4.78, 5) is 6.81. The summed E-state index contributed by atoms with van der Waals surface area (Å²) in [5.41, 5.74) is 3.40. The first-order valence-electron chi connectivity index (χ1n) is 8.17. The maximum Gasteiger partial charge on any atom is 0.302 e. The minimum Gasteiger partial charge on any atom is -0.425 e. The molecule has 4 nitrogen and oxygen atoms in total. The highest BCUT2D eigenvalue weighted by Crippen LogP contribution is 2.31. The zero-order valence-corrected chi connectivity index (χ0v) is 14.2. The Balaban J connectivity index is 1.55. The number of nitrogens with zero attached hydrogens (tertiary/aromatic N) is 3. The molecule has 24 heavy (non-hydrogen) atoms. The molecular formula is C20H21N3O. The summed E-state index contributed by atoms with van der Waals surface area (Å²) in [6.07, 6.45) is 4.40. The van der Waals surface area contributed by atoms with Crippen molar-refractivity contribution >= 4 is 16.7 Å². The second-order valence-electron chi connectivity index (χ2n) is 6.97. The molecule has 0 unspecified atom stereocenters. The highest BCUT2D eigenvalue weighted by molar-refractivity contribution is 5.76. The molecule has 0 spiro atoms. The average molecular weight is 319 g/mol. The highest BCUT2D eigenvalue weighted by Gasteiger charge is 2.23. The van der Waals surface area contributed by atoms with Crippen LogP contribution in [-0.4, -0.2) is 16.1 Å². The third-order valence-corrected chi connectivity index (χ3v) is 4.41. The number of benzene rings is 2. The van der Waals surface area contributed by atoms with Gasteiger partial charge in [-0.15, -0.1) is 0 Å². The Morgan fingerprint density at radius 1 is 1.04 bits per heavy atom. The van der Waals surface area contributed by atoms with E-state index in [0.29, 0.717) is 6.01 Å². The predicted molar refractivity (Wildman–Crippen MR) is 97.5 cm³/mol. The van der Waals surface area contributed by atoms with E-state index >= 15 is 0 Å². The van der Waals surface area contributed by atoms with Crippen LogP contribution in [0.5, 0.6) is 11.8 Å². The molecule has 1 aliphatic rings. The van der Waals surface area contributed by atoms with Gasteiger partial charge in [0.1, 0.15) is 5.75 Å². The summed E-state index contributed by atoms with van der Waals surface area (Å²) in [7, 11) is 1.97. The van der Waals surface area contributed by atoms with E-state index in [1.165, 1.54) is 5.69 Å². The number of hydrogen-bond donors (Lipinski definition) is 0. The Morgan fingerprint density at radius 3 is 2.46 bits per heavy atom. The van der Waals surface area contributed by atoms with Crippen molar-refractivity contribution in [3.8, 4) is 11.8 Å². The van der Waals surface area contributed by atoms with Crippen LogP contribution in [0.15, 0.2) is 60.8 Å². The normalized spacial score (nSPS) is 16.0.